The van der Waals surface area contributed by atoms with Gasteiger partial charge in [-0.05, 0) is 49.1 Å². The predicted octanol–water partition coefficient (Wildman–Crippen LogP) is 4.03. The van der Waals surface area contributed by atoms with Gasteiger partial charge in [0.2, 0.25) is 0 Å². The standard InChI is InChI=1S/C19H21ClN2O2/c1-4-14-6-8-15(9-7-14)13(3)21-18(23)19(24)22-17-11-16(20)10-5-12(17)2/h5-11,13H,4H2,1-3H3,(H,21,23)(H,22,24). The molecule has 0 heterocycles. The summed E-state index contributed by atoms with van der Waals surface area (Å²) in [6.07, 6.45) is 0.961. The van der Waals surface area contributed by atoms with Crippen LogP contribution < -0.4 is 10.6 Å². The van der Waals surface area contributed by atoms with E-state index in [-0.39, 0.29) is 6.04 Å². The third-order valence-electron chi connectivity index (χ3n) is 3.89. The molecule has 0 saturated heterocycles. The first-order valence-electron chi connectivity index (χ1n) is 7.87. The second-order valence-corrected chi connectivity index (χ2v) is 6.14. The molecule has 0 spiro atoms. The van der Waals surface area contributed by atoms with Crippen LogP contribution in [0.4, 0.5) is 5.69 Å². The van der Waals surface area contributed by atoms with Gasteiger partial charge in [0.15, 0.2) is 0 Å². The number of hydrogen-bond donors (Lipinski definition) is 2. The number of rotatable bonds is 4. The molecule has 2 aromatic rings. The van der Waals surface area contributed by atoms with E-state index < -0.39 is 11.8 Å². The molecule has 0 aliphatic rings. The Morgan fingerprint density at radius 1 is 1.08 bits per heavy atom. The van der Waals surface area contributed by atoms with Crippen LogP contribution in [0.1, 0.15) is 36.6 Å². The average Bonchev–Trinajstić information content (AvgIpc) is 2.58. The summed E-state index contributed by atoms with van der Waals surface area (Å²) < 4.78 is 0. The van der Waals surface area contributed by atoms with Gasteiger partial charge in [0.1, 0.15) is 0 Å². The van der Waals surface area contributed by atoms with Crippen LogP contribution in [0.15, 0.2) is 42.5 Å². The van der Waals surface area contributed by atoms with Crippen LogP contribution in [0.2, 0.25) is 5.02 Å². The number of carbonyl (C=O) groups is 2. The Hall–Kier alpha value is -2.33. The fraction of sp³-hybridized carbons (Fsp3) is 0.263. The maximum atomic E-state index is 12.1. The van der Waals surface area contributed by atoms with Crippen LogP contribution in [-0.4, -0.2) is 11.8 Å². The summed E-state index contributed by atoms with van der Waals surface area (Å²) >= 11 is 5.92. The van der Waals surface area contributed by atoms with E-state index in [1.54, 1.807) is 18.2 Å². The van der Waals surface area contributed by atoms with Gasteiger partial charge >= 0.3 is 11.8 Å². The van der Waals surface area contributed by atoms with E-state index in [1.807, 2.05) is 38.1 Å². The van der Waals surface area contributed by atoms with E-state index in [2.05, 4.69) is 17.6 Å². The predicted molar refractivity (Wildman–Crippen MR) is 97.2 cm³/mol. The number of aryl methyl sites for hydroxylation is 2. The van der Waals surface area contributed by atoms with Gasteiger partial charge < -0.3 is 10.6 Å². The topological polar surface area (TPSA) is 58.2 Å². The van der Waals surface area contributed by atoms with E-state index in [1.165, 1.54) is 5.56 Å². The lowest BCUT2D eigenvalue weighted by molar-refractivity contribution is -0.136. The highest BCUT2D eigenvalue weighted by atomic mass is 35.5. The fourth-order valence-corrected chi connectivity index (χ4v) is 2.47. The van der Waals surface area contributed by atoms with Crippen LogP contribution in [-0.2, 0) is 16.0 Å². The highest BCUT2D eigenvalue weighted by molar-refractivity contribution is 6.40. The Balaban J connectivity index is 2.00. The second kappa shape index (κ2) is 7.97. The monoisotopic (exact) mass is 344 g/mol. The minimum atomic E-state index is -0.711. The lowest BCUT2D eigenvalue weighted by Crippen LogP contribution is -2.37. The van der Waals surface area contributed by atoms with E-state index in [0.717, 1.165) is 17.5 Å². The number of anilines is 1. The smallest absolute Gasteiger partial charge is 0.313 e. The van der Waals surface area contributed by atoms with Gasteiger partial charge in [-0.1, -0.05) is 48.9 Å². The summed E-state index contributed by atoms with van der Waals surface area (Å²) in [5.41, 5.74) is 3.55. The number of halogens is 1. The van der Waals surface area contributed by atoms with Gasteiger partial charge in [-0.25, -0.2) is 0 Å². The van der Waals surface area contributed by atoms with Crippen molar-refractivity contribution in [2.45, 2.75) is 33.2 Å². The summed E-state index contributed by atoms with van der Waals surface area (Å²) in [7, 11) is 0. The molecule has 126 valence electrons. The van der Waals surface area contributed by atoms with Gasteiger partial charge in [-0.2, -0.15) is 0 Å². The van der Waals surface area contributed by atoms with E-state index in [4.69, 9.17) is 11.6 Å². The van der Waals surface area contributed by atoms with Crippen molar-refractivity contribution in [3.8, 4) is 0 Å². The molecule has 0 saturated carbocycles. The maximum absolute atomic E-state index is 12.1. The number of amides is 2. The van der Waals surface area contributed by atoms with Crippen molar-refractivity contribution in [1.82, 2.24) is 5.32 Å². The van der Waals surface area contributed by atoms with Crippen molar-refractivity contribution < 1.29 is 9.59 Å². The largest absolute Gasteiger partial charge is 0.341 e. The molecule has 1 atom stereocenters. The Morgan fingerprint density at radius 3 is 2.38 bits per heavy atom. The molecule has 2 aromatic carbocycles. The molecule has 0 aliphatic heterocycles. The summed E-state index contributed by atoms with van der Waals surface area (Å²) in [6.45, 7) is 5.76. The van der Waals surface area contributed by atoms with Crippen LogP contribution in [0.25, 0.3) is 0 Å². The molecule has 2 rings (SSSR count). The van der Waals surface area contributed by atoms with Crippen molar-refractivity contribution in [3.63, 3.8) is 0 Å². The molecule has 0 aromatic heterocycles. The van der Waals surface area contributed by atoms with Crippen LogP contribution >= 0.6 is 11.6 Å². The molecule has 24 heavy (non-hydrogen) atoms. The number of nitrogens with one attached hydrogen (secondary N) is 2. The SMILES string of the molecule is CCc1ccc(C(C)NC(=O)C(=O)Nc2cc(Cl)ccc2C)cc1. The first-order valence-corrected chi connectivity index (χ1v) is 8.25. The zero-order chi connectivity index (χ0) is 17.7. The van der Waals surface area contributed by atoms with E-state index in [9.17, 15) is 9.59 Å². The molecule has 0 radical (unpaired) electrons. The van der Waals surface area contributed by atoms with Gasteiger partial charge in [0, 0.05) is 10.7 Å². The van der Waals surface area contributed by atoms with Crippen molar-refractivity contribution in [3.05, 3.63) is 64.2 Å². The molecule has 0 bridgehead atoms. The zero-order valence-electron chi connectivity index (χ0n) is 14.0. The summed E-state index contributed by atoms with van der Waals surface area (Å²) in [5.74, 6) is -1.39. The van der Waals surface area contributed by atoms with Gasteiger partial charge in [-0.3, -0.25) is 9.59 Å². The molecular weight excluding hydrogens is 324 g/mol. The molecule has 2 N–H and O–H groups in total. The molecular formula is C19H21ClN2O2. The van der Waals surface area contributed by atoms with Gasteiger partial charge in [0.25, 0.3) is 0 Å². The molecule has 2 amide bonds. The van der Waals surface area contributed by atoms with Gasteiger partial charge in [0.05, 0.1) is 6.04 Å². The highest BCUT2D eigenvalue weighted by Gasteiger charge is 2.18. The molecule has 0 aliphatic carbocycles. The van der Waals surface area contributed by atoms with Crippen molar-refractivity contribution >= 4 is 29.1 Å². The molecule has 1 unspecified atom stereocenters. The Kier molecular flexibility index (Phi) is 5.99. The van der Waals surface area contributed by atoms with E-state index >= 15 is 0 Å². The lowest BCUT2D eigenvalue weighted by Gasteiger charge is -2.15. The summed E-state index contributed by atoms with van der Waals surface area (Å²) in [4.78, 5) is 24.2. The van der Waals surface area contributed by atoms with Crippen molar-refractivity contribution in [1.29, 1.82) is 0 Å². The quantitative estimate of drug-likeness (QED) is 0.823. The third-order valence-corrected chi connectivity index (χ3v) is 4.12. The highest BCUT2D eigenvalue weighted by Crippen LogP contribution is 2.20. The summed E-state index contributed by atoms with van der Waals surface area (Å²) in [6, 6.07) is 12.8. The first-order chi connectivity index (χ1) is 11.4. The van der Waals surface area contributed by atoms with Crippen molar-refractivity contribution in [2.24, 2.45) is 0 Å². The maximum Gasteiger partial charge on any atom is 0.313 e. The summed E-state index contributed by atoms with van der Waals surface area (Å²) in [5, 5.41) is 5.79. The lowest BCUT2D eigenvalue weighted by atomic mass is 10.0. The zero-order valence-corrected chi connectivity index (χ0v) is 14.8. The second-order valence-electron chi connectivity index (χ2n) is 5.70. The van der Waals surface area contributed by atoms with Gasteiger partial charge in [-0.15, -0.1) is 0 Å². The first kappa shape index (κ1) is 18.0. The Morgan fingerprint density at radius 2 is 1.75 bits per heavy atom. The minimum absolute atomic E-state index is 0.255. The van der Waals surface area contributed by atoms with Crippen LogP contribution in [0, 0.1) is 6.92 Å². The molecule has 4 nitrogen and oxygen atoms in total. The minimum Gasteiger partial charge on any atom is -0.341 e. The average molecular weight is 345 g/mol. The van der Waals surface area contributed by atoms with E-state index in [0.29, 0.717) is 10.7 Å². The number of carbonyl (C=O) groups excluding carboxylic acids is 2. The Labute approximate surface area is 147 Å². The normalized spacial score (nSPS) is 11.7. The number of hydrogen-bond acceptors (Lipinski definition) is 2. The third kappa shape index (κ3) is 4.59. The number of benzene rings is 2. The Bertz CT molecular complexity index is 742. The molecule has 5 heteroatoms. The van der Waals surface area contributed by atoms with Crippen molar-refractivity contribution in [2.75, 3.05) is 5.32 Å². The fourth-order valence-electron chi connectivity index (χ4n) is 2.30. The van der Waals surface area contributed by atoms with Crippen LogP contribution in [0.5, 0.6) is 0 Å². The van der Waals surface area contributed by atoms with Crippen LogP contribution in [0.3, 0.4) is 0 Å². The molecule has 0 fully saturated rings.